The van der Waals surface area contributed by atoms with Gasteiger partial charge in [-0.25, -0.2) is 0 Å². The van der Waals surface area contributed by atoms with E-state index in [-0.39, 0.29) is 28.8 Å². The summed E-state index contributed by atoms with van der Waals surface area (Å²) in [5.41, 5.74) is 4.48. The second kappa shape index (κ2) is 7.68. The van der Waals surface area contributed by atoms with Crippen LogP contribution in [0, 0.1) is 16.7 Å². The maximum atomic E-state index is 12.4. The number of hydrogen-bond donors (Lipinski definition) is 0. The van der Waals surface area contributed by atoms with E-state index in [0.29, 0.717) is 0 Å². The first-order valence-electron chi connectivity index (χ1n) is 8.79. The van der Waals surface area contributed by atoms with Gasteiger partial charge in [0, 0.05) is 5.41 Å². The van der Waals surface area contributed by atoms with E-state index >= 15 is 0 Å². The average Bonchev–Trinajstić information content (AvgIpc) is 2.38. The highest BCUT2D eigenvalue weighted by molar-refractivity contribution is 5.75. The topological polar surface area (TPSA) is 35.5 Å². The Bertz CT molecular complexity index is 470. The van der Waals surface area contributed by atoms with Crippen molar-refractivity contribution >= 4 is 5.97 Å². The van der Waals surface area contributed by atoms with Crippen molar-refractivity contribution in [2.45, 2.75) is 87.0 Å². The molecule has 0 aromatic carbocycles. The lowest BCUT2D eigenvalue weighted by Gasteiger charge is -2.38. The summed E-state index contributed by atoms with van der Waals surface area (Å²) in [6, 6.07) is 0. The van der Waals surface area contributed by atoms with Crippen LogP contribution in [0.25, 0.3) is 0 Å². The summed E-state index contributed by atoms with van der Waals surface area (Å²) < 4.78 is 11.4. The first kappa shape index (κ1) is 20.0. The molecule has 0 aromatic rings. The molecular formula is C20H34O3. The van der Waals surface area contributed by atoms with E-state index in [1.54, 1.807) is 0 Å². The van der Waals surface area contributed by atoms with Gasteiger partial charge in [0.25, 0.3) is 0 Å². The van der Waals surface area contributed by atoms with Crippen LogP contribution in [0.4, 0.5) is 0 Å². The summed E-state index contributed by atoms with van der Waals surface area (Å²) in [5.74, 6) is -0.590. The van der Waals surface area contributed by atoms with Crippen LogP contribution in [0.2, 0.25) is 0 Å². The SMILES string of the molecule is CCCCC(=C=C[C@H]1C(=O)O[C@H](C(C)(C)C)O[C@@H]1C)C(C)(C)C. The fourth-order valence-electron chi connectivity index (χ4n) is 2.48. The largest absolute Gasteiger partial charge is 0.435 e. The molecule has 0 aromatic heterocycles. The van der Waals surface area contributed by atoms with Crippen LogP contribution >= 0.6 is 0 Å². The Hall–Kier alpha value is -1.05. The Morgan fingerprint density at radius 2 is 1.83 bits per heavy atom. The van der Waals surface area contributed by atoms with E-state index in [2.05, 4.69) is 33.4 Å². The number of carbonyl (C=O) groups is 1. The van der Waals surface area contributed by atoms with E-state index in [0.717, 1.165) is 19.3 Å². The van der Waals surface area contributed by atoms with Crippen molar-refractivity contribution in [3.8, 4) is 0 Å². The molecule has 23 heavy (non-hydrogen) atoms. The number of rotatable bonds is 4. The molecule has 132 valence electrons. The maximum Gasteiger partial charge on any atom is 0.318 e. The molecule has 1 aliphatic rings. The third-order valence-corrected chi connectivity index (χ3v) is 4.17. The molecule has 0 unspecified atom stereocenters. The number of esters is 1. The van der Waals surface area contributed by atoms with Gasteiger partial charge in [0.05, 0.1) is 6.10 Å². The Balaban J connectivity index is 2.97. The predicted octanol–water partition coefficient (Wildman–Crippen LogP) is 5.25. The van der Waals surface area contributed by atoms with Crippen LogP contribution in [0.3, 0.4) is 0 Å². The van der Waals surface area contributed by atoms with Crippen molar-refractivity contribution in [2.24, 2.45) is 16.7 Å². The van der Waals surface area contributed by atoms with Gasteiger partial charge in [-0.2, -0.15) is 0 Å². The standard InChI is InChI=1S/C20H34O3/c1-9-10-11-15(19(3,4)5)12-13-16-14(2)22-18(20(6,7)8)23-17(16)21/h13-14,16,18H,9-11H2,1-8H3/t12?,14-,16-,18-/m1/s1. The molecule has 3 nitrogen and oxygen atoms in total. The first-order chi connectivity index (χ1) is 10.5. The van der Waals surface area contributed by atoms with Crippen molar-refractivity contribution in [1.29, 1.82) is 0 Å². The Kier molecular flexibility index (Phi) is 6.68. The molecule has 0 N–H and O–H groups in total. The van der Waals surface area contributed by atoms with Gasteiger partial charge in [-0.05, 0) is 36.8 Å². The van der Waals surface area contributed by atoms with Crippen molar-refractivity contribution in [3.63, 3.8) is 0 Å². The fourth-order valence-corrected chi connectivity index (χ4v) is 2.48. The van der Waals surface area contributed by atoms with Gasteiger partial charge in [-0.1, -0.05) is 54.9 Å². The van der Waals surface area contributed by atoms with Crippen molar-refractivity contribution < 1.29 is 14.3 Å². The Morgan fingerprint density at radius 1 is 1.22 bits per heavy atom. The van der Waals surface area contributed by atoms with Crippen LogP contribution in [-0.2, 0) is 14.3 Å². The first-order valence-corrected chi connectivity index (χ1v) is 8.79. The number of hydrogen-bond acceptors (Lipinski definition) is 3. The lowest BCUT2D eigenvalue weighted by Crippen LogP contribution is -2.46. The number of cyclic esters (lactones) is 1. The van der Waals surface area contributed by atoms with Gasteiger partial charge in [-0.15, -0.1) is 5.73 Å². The third kappa shape index (κ3) is 5.82. The van der Waals surface area contributed by atoms with Gasteiger partial charge in [0.1, 0.15) is 5.92 Å². The number of ether oxygens (including phenoxy) is 2. The van der Waals surface area contributed by atoms with Gasteiger partial charge in [-0.3, -0.25) is 4.79 Å². The molecular weight excluding hydrogens is 288 g/mol. The quantitative estimate of drug-likeness (QED) is 0.523. The molecule has 0 aliphatic carbocycles. The molecule has 0 saturated carbocycles. The van der Waals surface area contributed by atoms with Gasteiger partial charge >= 0.3 is 5.97 Å². The molecule has 0 radical (unpaired) electrons. The summed E-state index contributed by atoms with van der Waals surface area (Å²) in [7, 11) is 0. The van der Waals surface area contributed by atoms with Crippen LogP contribution in [0.5, 0.6) is 0 Å². The molecule has 0 bridgehead atoms. The zero-order chi connectivity index (χ0) is 17.8. The highest BCUT2D eigenvalue weighted by Gasteiger charge is 2.40. The normalized spacial score (nSPS) is 25.6. The summed E-state index contributed by atoms with van der Waals surface area (Å²) >= 11 is 0. The van der Waals surface area contributed by atoms with Gasteiger partial charge in [0.2, 0.25) is 6.29 Å². The van der Waals surface area contributed by atoms with Crippen LogP contribution < -0.4 is 0 Å². The summed E-state index contributed by atoms with van der Waals surface area (Å²) in [4.78, 5) is 12.4. The summed E-state index contributed by atoms with van der Waals surface area (Å²) in [6.45, 7) is 16.7. The predicted molar refractivity (Wildman–Crippen MR) is 93.9 cm³/mol. The van der Waals surface area contributed by atoms with Crippen LogP contribution in [0.15, 0.2) is 17.4 Å². The summed E-state index contributed by atoms with van der Waals surface area (Å²) in [5, 5.41) is 0. The molecule has 1 saturated heterocycles. The maximum absolute atomic E-state index is 12.4. The van der Waals surface area contributed by atoms with Crippen LogP contribution in [0.1, 0.15) is 74.7 Å². The zero-order valence-corrected chi connectivity index (χ0v) is 16.2. The van der Waals surface area contributed by atoms with Crippen molar-refractivity contribution in [2.75, 3.05) is 0 Å². The van der Waals surface area contributed by atoms with Crippen molar-refractivity contribution in [1.82, 2.24) is 0 Å². The number of carbonyl (C=O) groups excluding carboxylic acids is 1. The lowest BCUT2D eigenvalue weighted by molar-refractivity contribution is -0.249. The molecule has 1 aliphatic heterocycles. The molecule has 1 heterocycles. The van der Waals surface area contributed by atoms with Gasteiger partial charge < -0.3 is 9.47 Å². The molecule has 3 heteroatoms. The Morgan fingerprint density at radius 3 is 2.26 bits per heavy atom. The number of unbranched alkanes of at least 4 members (excludes halogenated alkanes) is 1. The third-order valence-electron chi connectivity index (χ3n) is 4.17. The second-order valence-corrected chi connectivity index (χ2v) is 8.64. The molecule has 1 fully saturated rings. The Labute approximate surface area is 142 Å². The van der Waals surface area contributed by atoms with Gasteiger partial charge in [0.15, 0.2) is 0 Å². The molecule has 0 spiro atoms. The highest BCUT2D eigenvalue weighted by atomic mass is 16.7. The minimum atomic E-state index is -0.485. The van der Waals surface area contributed by atoms with E-state index in [1.807, 2.05) is 33.8 Å². The minimum Gasteiger partial charge on any atom is -0.435 e. The second-order valence-electron chi connectivity index (χ2n) is 8.64. The van der Waals surface area contributed by atoms with E-state index in [4.69, 9.17) is 9.47 Å². The molecule has 1 rings (SSSR count). The van der Waals surface area contributed by atoms with E-state index < -0.39 is 6.29 Å². The van der Waals surface area contributed by atoms with E-state index in [9.17, 15) is 4.79 Å². The average molecular weight is 322 g/mol. The zero-order valence-electron chi connectivity index (χ0n) is 16.2. The van der Waals surface area contributed by atoms with Crippen molar-refractivity contribution in [3.05, 3.63) is 17.4 Å². The lowest BCUT2D eigenvalue weighted by atomic mass is 9.83. The molecule has 0 amide bonds. The van der Waals surface area contributed by atoms with E-state index in [1.165, 1.54) is 5.57 Å². The monoisotopic (exact) mass is 322 g/mol. The summed E-state index contributed by atoms with van der Waals surface area (Å²) in [6.07, 6.45) is 4.47. The minimum absolute atomic E-state index is 0.0578. The molecule has 3 atom stereocenters. The smallest absolute Gasteiger partial charge is 0.318 e. The highest BCUT2D eigenvalue weighted by Crippen LogP contribution is 2.32. The van der Waals surface area contributed by atoms with Crippen LogP contribution in [-0.4, -0.2) is 18.4 Å². The fraction of sp³-hybridized carbons (Fsp3) is 0.800.